The third-order valence-electron chi connectivity index (χ3n) is 10.1. The second-order valence-corrected chi connectivity index (χ2v) is 12.2. The smallest absolute Gasteiger partial charge is 0.0605 e. The fourth-order valence-electron chi connectivity index (χ4n) is 7.64. The Morgan fingerprint density at radius 2 is 1.54 bits per heavy atom. The van der Waals surface area contributed by atoms with Crippen molar-refractivity contribution in [2.75, 3.05) is 62.7 Å². The van der Waals surface area contributed by atoms with Crippen molar-refractivity contribution in [2.45, 2.75) is 102 Å². The van der Waals surface area contributed by atoms with Crippen LogP contribution in [0.5, 0.6) is 0 Å². The summed E-state index contributed by atoms with van der Waals surface area (Å²) < 4.78 is 5.64. The molecule has 4 aliphatic rings. The van der Waals surface area contributed by atoms with Gasteiger partial charge in [-0.1, -0.05) is 32.6 Å². The first-order valence-corrected chi connectivity index (χ1v) is 15.1. The van der Waals surface area contributed by atoms with Crippen molar-refractivity contribution in [3.63, 3.8) is 0 Å². The molecule has 0 bridgehead atoms. The van der Waals surface area contributed by atoms with Gasteiger partial charge in [0.2, 0.25) is 0 Å². The van der Waals surface area contributed by atoms with Crippen molar-refractivity contribution in [1.82, 2.24) is 4.90 Å². The molecule has 1 spiro atoms. The van der Waals surface area contributed by atoms with Gasteiger partial charge in [0, 0.05) is 57.8 Å². The van der Waals surface area contributed by atoms with Crippen LogP contribution in [0.3, 0.4) is 0 Å². The Labute approximate surface area is 215 Å². The van der Waals surface area contributed by atoms with Gasteiger partial charge >= 0.3 is 0 Å². The molecule has 1 aromatic carbocycles. The Hall–Kier alpha value is -1.26. The van der Waals surface area contributed by atoms with E-state index < -0.39 is 0 Å². The summed E-state index contributed by atoms with van der Waals surface area (Å²) in [6.07, 6.45) is 18.5. The first-order chi connectivity index (χ1) is 17.2. The quantitative estimate of drug-likeness (QED) is 0.425. The molecule has 2 saturated carbocycles. The van der Waals surface area contributed by atoms with Gasteiger partial charge in [-0.05, 0) is 99.4 Å². The Balaban J connectivity index is 1.32. The van der Waals surface area contributed by atoms with Gasteiger partial charge in [-0.15, -0.1) is 0 Å². The van der Waals surface area contributed by atoms with E-state index in [0.29, 0.717) is 11.5 Å². The fraction of sp³-hybridized carbons (Fsp3) is 0.806. The Morgan fingerprint density at radius 1 is 0.829 bits per heavy atom. The van der Waals surface area contributed by atoms with Crippen molar-refractivity contribution in [3.05, 3.63) is 23.8 Å². The van der Waals surface area contributed by atoms with Gasteiger partial charge in [0.25, 0.3) is 0 Å². The predicted molar refractivity (Wildman–Crippen MR) is 149 cm³/mol. The summed E-state index contributed by atoms with van der Waals surface area (Å²) >= 11 is 0. The number of piperazine rings is 1. The molecule has 0 amide bonds. The summed E-state index contributed by atoms with van der Waals surface area (Å²) in [4.78, 5) is 8.03. The van der Waals surface area contributed by atoms with E-state index >= 15 is 0 Å². The summed E-state index contributed by atoms with van der Waals surface area (Å²) in [6.45, 7) is 10.7. The highest BCUT2D eigenvalue weighted by Gasteiger charge is 2.37. The van der Waals surface area contributed by atoms with Gasteiger partial charge in [-0.2, -0.15) is 0 Å². The zero-order valence-corrected chi connectivity index (χ0v) is 22.8. The minimum atomic E-state index is 0.444. The number of hydrogen-bond acceptors (Lipinski definition) is 4. The fourth-order valence-corrected chi connectivity index (χ4v) is 7.64. The molecule has 0 N–H and O–H groups in total. The van der Waals surface area contributed by atoms with Crippen molar-refractivity contribution in [3.8, 4) is 0 Å². The minimum Gasteiger partial charge on any atom is -0.381 e. The van der Waals surface area contributed by atoms with E-state index in [1.54, 1.807) is 11.3 Å². The molecule has 35 heavy (non-hydrogen) atoms. The van der Waals surface area contributed by atoms with E-state index in [2.05, 4.69) is 39.8 Å². The molecule has 1 aromatic rings. The van der Waals surface area contributed by atoms with Gasteiger partial charge in [0.05, 0.1) is 6.10 Å². The molecule has 0 aromatic heterocycles. The molecule has 0 radical (unpaired) electrons. The first kappa shape index (κ1) is 25.4. The lowest BCUT2D eigenvalue weighted by Crippen LogP contribution is -2.47. The minimum absolute atomic E-state index is 0.444. The summed E-state index contributed by atoms with van der Waals surface area (Å²) in [5.41, 5.74) is 5.38. The largest absolute Gasteiger partial charge is 0.381 e. The number of methoxy groups -OCH3 is 1. The zero-order chi connectivity index (χ0) is 24.1. The third-order valence-corrected chi connectivity index (χ3v) is 10.1. The van der Waals surface area contributed by atoms with Crippen molar-refractivity contribution >= 4 is 11.4 Å². The average Bonchev–Trinajstić information content (AvgIpc) is 2.93. The molecule has 2 saturated heterocycles. The van der Waals surface area contributed by atoms with E-state index in [0.717, 1.165) is 31.8 Å². The van der Waals surface area contributed by atoms with E-state index in [-0.39, 0.29) is 0 Å². The normalized spacial score (nSPS) is 24.9. The highest BCUT2D eigenvalue weighted by molar-refractivity contribution is 5.63. The number of unbranched alkanes of at least 4 members (excludes halogenated alkanes) is 1. The Kier molecular flexibility index (Phi) is 8.60. The summed E-state index contributed by atoms with van der Waals surface area (Å²) in [7, 11) is 1.87. The van der Waals surface area contributed by atoms with Gasteiger partial charge in [0.15, 0.2) is 0 Å². The molecule has 2 aliphatic carbocycles. The van der Waals surface area contributed by atoms with Crippen molar-refractivity contribution < 1.29 is 4.74 Å². The first-order valence-electron chi connectivity index (χ1n) is 15.1. The summed E-state index contributed by atoms with van der Waals surface area (Å²) in [5, 5.41) is 0. The molecule has 4 nitrogen and oxygen atoms in total. The Morgan fingerprint density at radius 3 is 2.20 bits per heavy atom. The van der Waals surface area contributed by atoms with E-state index in [9.17, 15) is 0 Å². The van der Waals surface area contributed by atoms with Crippen LogP contribution in [0.15, 0.2) is 18.2 Å². The number of piperidine rings is 1. The topological polar surface area (TPSA) is 19.0 Å². The number of anilines is 2. The zero-order valence-electron chi connectivity index (χ0n) is 22.8. The van der Waals surface area contributed by atoms with Gasteiger partial charge < -0.3 is 14.5 Å². The molecular formula is C31H51N3O. The number of hydrogen-bond donors (Lipinski definition) is 0. The SMILES string of the molecule is CCCCN1CCN(c2ccc(N3CCC(OC)CC3)cc2C2CCC3(CCCCC3)CC2)CC1. The summed E-state index contributed by atoms with van der Waals surface area (Å²) in [5.74, 6) is 0.743. The lowest BCUT2D eigenvalue weighted by Gasteiger charge is -2.44. The molecule has 4 heteroatoms. The van der Waals surface area contributed by atoms with Crippen molar-refractivity contribution in [1.29, 1.82) is 0 Å². The highest BCUT2D eigenvalue weighted by Crippen LogP contribution is 2.52. The lowest BCUT2D eigenvalue weighted by atomic mass is 9.62. The lowest BCUT2D eigenvalue weighted by molar-refractivity contribution is 0.0819. The molecule has 196 valence electrons. The standard InChI is InChI=1S/C31H51N3O/c1-3-4-18-32-21-23-34(24-22-32)30-9-8-27(33-19-12-28(35-2)13-20-33)25-29(30)26-10-16-31(17-11-26)14-6-5-7-15-31/h8-9,25-26,28H,3-7,10-24H2,1-2H3. The van der Waals surface area contributed by atoms with Crippen LogP contribution in [0.4, 0.5) is 11.4 Å². The maximum absolute atomic E-state index is 5.64. The molecule has 5 rings (SSSR count). The van der Waals surface area contributed by atoms with E-state index in [1.165, 1.54) is 109 Å². The van der Waals surface area contributed by atoms with Gasteiger partial charge in [-0.3, -0.25) is 4.90 Å². The molecule has 0 unspecified atom stereocenters. The highest BCUT2D eigenvalue weighted by atomic mass is 16.5. The third kappa shape index (κ3) is 6.01. The Bertz CT molecular complexity index is 778. The molecule has 2 aliphatic heterocycles. The number of rotatable bonds is 7. The molecule has 0 atom stereocenters. The average molecular weight is 482 g/mol. The molecular weight excluding hydrogens is 430 g/mol. The number of benzene rings is 1. The van der Waals surface area contributed by atoms with Gasteiger partial charge in [0.1, 0.15) is 0 Å². The van der Waals surface area contributed by atoms with Crippen LogP contribution >= 0.6 is 0 Å². The monoisotopic (exact) mass is 481 g/mol. The van der Waals surface area contributed by atoms with Crippen LogP contribution < -0.4 is 9.80 Å². The van der Waals surface area contributed by atoms with Crippen molar-refractivity contribution in [2.24, 2.45) is 5.41 Å². The van der Waals surface area contributed by atoms with Crippen LogP contribution in [0.1, 0.15) is 102 Å². The van der Waals surface area contributed by atoms with Crippen LogP contribution in [0.2, 0.25) is 0 Å². The van der Waals surface area contributed by atoms with E-state index in [1.807, 2.05) is 7.11 Å². The van der Waals surface area contributed by atoms with E-state index in [4.69, 9.17) is 4.74 Å². The maximum Gasteiger partial charge on any atom is 0.0605 e. The van der Waals surface area contributed by atoms with Crippen LogP contribution in [0, 0.1) is 5.41 Å². The van der Waals surface area contributed by atoms with Crippen LogP contribution in [-0.2, 0) is 4.74 Å². The second kappa shape index (κ2) is 11.9. The molecule has 4 fully saturated rings. The second-order valence-electron chi connectivity index (χ2n) is 12.2. The van der Waals surface area contributed by atoms with Crippen LogP contribution in [0.25, 0.3) is 0 Å². The van der Waals surface area contributed by atoms with Gasteiger partial charge in [-0.25, -0.2) is 0 Å². The number of nitrogens with zero attached hydrogens (tertiary/aromatic N) is 3. The summed E-state index contributed by atoms with van der Waals surface area (Å²) in [6, 6.07) is 7.55. The van der Waals surface area contributed by atoms with Crippen LogP contribution in [-0.4, -0.2) is 63.9 Å². The molecule has 2 heterocycles. The maximum atomic E-state index is 5.64. The number of ether oxygens (including phenoxy) is 1. The predicted octanol–water partition coefficient (Wildman–Crippen LogP) is 6.83.